The van der Waals surface area contributed by atoms with Crippen molar-refractivity contribution in [2.24, 2.45) is 0 Å². The summed E-state index contributed by atoms with van der Waals surface area (Å²) in [6.45, 7) is 0. The number of aliphatic hydroxyl groups is 1. The highest BCUT2D eigenvalue weighted by atomic mass is 16.5. The molecule has 0 amide bonds. The van der Waals surface area contributed by atoms with Crippen molar-refractivity contribution in [3.8, 4) is 0 Å². The fourth-order valence-electron chi connectivity index (χ4n) is 8.07. The molecule has 2 aliphatic rings. The number of rotatable bonds is 3. The third-order valence-corrected chi connectivity index (χ3v) is 9.66. The molecule has 0 aliphatic heterocycles. The molecule has 4 atom stereocenters. The molecule has 2 bridgehead atoms. The number of methoxy groups -OCH3 is 1. The first kappa shape index (κ1) is 23.6. The van der Waals surface area contributed by atoms with Gasteiger partial charge in [-0.15, -0.1) is 0 Å². The van der Waals surface area contributed by atoms with Gasteiger partial charge in [-0.2, -0.15) is 0 Å². The van der Waals surface area contributed by atoms with E-state index >= 15 is 0 Å². The van der Waals surface area contributed by atoms with E-state index in [4.69, 9.17) is 4.74 Å². The molecule has 0 saturated carbocycles. The molecule has 0 aromatic heterocycles. The molecule has 0 spiro atoms. The highest BCUT2D eigenvalue weighted by molar-refractivity contribution is 5.89. The summed E-state index contributed by atoms with van der Waals surface area (Å²) in [4.78, 5) is 0. The molecule has 6 aromatic rings. The Morgan fingerprint density at radius 1 is 0.525 bits per heavy atom. The molecule has 0 radical (unpaired) electrons. The van der Waals surface area contributed by atoms with Crippen molar-refractivity contribution in [3.05, 3.63) is 167 Å². The van der Waals surface area contributed by atoms with Crippen molar-refractivity contribution in [2.75, 3.05) is 7.11 Å². The van der Waals surface area contributed by atoms with Crippen LogP contribution in [0.5, 0.6) is 0 Å². The monoisotopic (exact) mass is 518 g/mol. The van der Waals surface area contributed by atoms with E-state index in [-0.39, 0.29) is 11.8 Å². The van der Waals surface area contributed by atoms with E-state index in [1.807, 2.05) is 7.11 Å². The van der Waals surface area contributed by atoms with Gasteiger partial charge in [-0.1, -0.05) is 133 Å². The van der Waals surface area contributed by atoms with Crippen LogP contribution in [0.15, 0.2) is 133 Å². The van der Waals surface area contributed by atoms with Crippen LogP contribution < -0.4 is 0 Å². The Morgan fingerprint density at radius 2 is 1.00 bits per heavy atom. The van der Waals surface area contributed by atoms with E-state index in [2.05, 4.69) is 133 Å². The minimum atomic E-state index is -1.19. The molecule has 2 heteroatoms. The van der Waals surface area contributed by atoms with Crippen molar-refractivity contribution >= 4 is 21.5 Å². The summed E-state index contributed by atoms with van der Waals surface area (Å²) >= 11 is 0. The van der Waals surface area contributed by atoms with Crippen molar-refractivity contribution in [3.63, 3.8) is 0 Å². The molecule has 194 valence electrons. The molecule has 6 aromatic carbocycles. The van der Waals surface area contributed by atoms with E-state index in [1.165, 1.54) is 16.3 Å². The molecule has 1 N–H and O–H groups in total. The zero-order valence-corrected chi connectivity index (χ0v) is 22.4. The Kier molecular flexibility index (Phi) is 5.10. The molecule has 40 heavy (non-hydrogen) atoms. The largest absolute Gasteiger partial charge is 0.380 e. The minimum absolute atomic E-state index is 0.0228. The van der Waals surface area contributed by atoms with Crippen LogP contribution in [0.3, 0.4) is 0 Å². The summed E-state index contributed by atoms with van der Waals surface area (Å²) in [7, 11) is 1.85. The number of hydrogen-bond acceptors (Lipinski definition) is 2. The molecule has 8 rings (SSSR count). The maximum Gasteiger partial charge on any atom is 0.125 e. The lowest BCUT2D eigenvalue weighted by molar-refractivity contribution is -0.0463. The van der Waals surface area contributed by atoms with Crippen molar-refractivity contribution < 1.29 is 9.84 Å². The lowest BCUT2D eigenvalue weighted by Crippen LogP contribution is -2.51. The quantitative estimate of drug-likeness (QED) is 0.255. The first-order valence-corrected chi connectivity index (χ1v) is 14.1. The van der Waals surface area contributed by atoms with Gasteiger partial charge in [0, 0.05) is 18.9 Å². The van der Waals surface area contributed by atoms with Crippen molar-refractivity contribution in [1.82, 2.24) is 0 Å². The van der Waals surface area contributed by atoms with Crippen LogP contribution in [0.4, 0.5) is 0 Å². The molecular weight excluding hydrogens is 488 g/mol. The zero-order chi connectivity index (χ0) is 26.9. The molecule has 0 heterocycles. The van der Waals surface area contributed by atoms with Gasteiger partial charge in [-0.05, 0) is 61.3 Å². The smallest absolute Gasteiger partial charge is 0.125 e. The van der Waals surface area contributed by atoms with E-state index in [0.29, 0.717) is 0 Å². The third-order valence-electron chi connectivity index (χ3n) is 9.66. The second-order valence-electron chi connectivity index (χ2n) is 11.3. The highest BCUT2D eigenvalue weighted by Crippen LogP contribution is 2.65. The van der Waals surface area contributed by atoms with E-state index < -0.39 is 11.2 Å². The van der Waals surface area contributed by atoms with Gasteiger partial charge >= 0.3 is 0 Å². The summed E-state index contributed by atoms with van der Waals surface area (Å²) in [5, 5.41) is 17.8. The van der Waals surface area contributed by atoms with Gasteiger partial charge in [-0.25, -0.2) is 0 Å². The van der Waals surface area contributed by atoms with Crippen LogP contribution in [-0.4, -0.2) is 12.2 Å². The Balaban J connectivity index is 1.49. The van der Waals surface area contributed by atoms with Gasteiger partial charge in [-0.3, -0.25) is 0 Å². The molecule has 2 nitrogen and oxygen atoms in total. The molecule has 0 fully saturated rings. The number of fused-ring (bicyclic) bond motifs is 8. The normalized spacial score (nSPS) is 24.9. The second kappa shape index (κ2) is 8.63. The predicted molar refractivity (Wildman–Crippen MR) is 162 cm³/mol. The molecule has 2 aliphatic carbocycles. The number of benzene rings is 6. The highest BCUT2D eigenvalue weighted by Gasteiger charge is 2.59. The van der Waals surface area contributed by atoms with Crippen molar-refractivity contribution in [1.29, 1.82) is 0 Å². The Morgan fingerprint density at radius 3 is 1.68 bits per heavy atom. The molecule has 0 saturated heterocycles. The fourth-order valence-corrected chi connectivity index (χ4v) is 8.07. The van der Waals surface area contributed by atoms with E-state index in [0.717, 1.165) is 45.0 Å². The lowest BCUT2D eigenvalue weighted by Gasteiger charge is -2.56. The maximum atomic E-state index is 13.2. The predicted octanol–water partition coefficient (Wildman–Crippen LogP) is 8.40. The molecular formula is C38H30O2. The zero-order valence-electron chi connectivity index (χ0n) is 22.4. The number of hydrogen-bond donors (Lipinski definition) is 1. The van der Waals surface area contributed by atoms with Gasteiger partial charge in [0.25, 0.3) is 0 Å². The van der Waals surface area contributed by atoms with Crippen LogP contribution in [0, 0.1) is 0 Å². The van der Waals surface area contributed by atoms with E-state index in [9.17, 15) is 5.11 Å². The Hall–Kier alpha value is -4.24. The summed E-state index contributed by atoms with van der Waals surface area (Å²) in [6.07, 6.45) is 0.769. The standard InChI is InChI=1S/C38H30O2/c1-40-38(33-23-11-15-26-13-3-5-17-28(26)33)34-21-9-7-19-30(34)35-24-36(38)29-18-6-8-20-32(29)37(35,39)31-22-10-14-25-12-2-4-16-27(25)31/h2-23,35-36,39H,24H2,1H3/t35-,36-,37-,38-/m1/s1. The Bertz CT molecular complexity index is 1910. The maximum absolute atomic E-state index is 13.2. The van der Waals surface area contributed by atoms with Crippen LogP contribution in [0.1, 0.15) is 51.6 Å². The lowest BCUT2D eigenvalue weighted by atomic mass is 9.52. The topological polar surface area (TPSA) is 29.5 Å². The fraction of sp³-hybridized carbons (Fsp3) is 0.158. The first-order chi connectivity index (χ1) is 19.7. The second-order valence-corrected chi connectivity index (χ2v) is 11.3. The van der Waals surface area contributed by atoms with Crippen LogP contribution in [0.2, 0.25) is 0 Å². The van der Waals surface area contributed by atoms with Gasteiger partial charge < -0.3 is 9.84 Å². The SMILES string of the molecule is CO[C@]1(c2cccc3ccccc23)c2ccccc2[C@H]2C[C@@H]1c1ccccc1[C@]2(O)c1cccc2ccccc12. The summed E-state index contributed by atoms with van der Waals surface area (Å²) in [5.74, 6) is -0.109. The first-order valence-electron chi connectivity index (χ1n) is 14.1. The molecule has 0 unspecified atom stereocenters. The minimum Gasteiger partial charge on any atom is -0.380 e. The van der Waals surface area contributed by atoms with Crippen LogP contribution in [-0.2, 0) is 15.9 Å². The summed E-state index contributed by atoms with van der Waals surface area (Å²) < 4.78 is 6.80. The van der Waals surface area contributed by atoms with Crippen molar-refractivity contribution in [2.45, 2.75) is 29.5 Å². The van der Waals surface area contributed by atoms with E-state index in [1.54, 1.807) is 0 Å². The number of ether oxygens (including phenoxy) is 1. The van der Waals surface area contributed by atoms with Gasteiger partial charge in [0.15, 0.2) is 0 Å². The average molecular weight is 519 g/mol. The summed E-state index contributed by atoms with van der Waals surface area (Å²) in [6, 6.07) is 47.0. The van der Waals surface area contributed by atoms with Gasteiger partial charge in [0.05, 0.1) is 0 Å². The van der Waals surface area contributed by atoms with Gasteiger partial charge in [0.1, 0.15) is 11.2 Å². The van der Waals surface area contributed by atoms with Crippen LogP contribution in [0.25, 0.3) is 21.5 Å². The third kappa shape index (κ3) is 2.95. The Labute approximate surface area is 234 Å². The van der Waals surface area contributed by atoms with Crippen LogP contribution >= 0.6 is 0 Å². The average Bonchev–Trinajstić information content (AvgIpc) is 3.03. The summed E-state index contributed by atoms with van der Waals surface area (Å²) in [5.41, 5.74) is 4.66. The van der Waals surface area contributed by atoms with Gasteiger partial charge in [0.2, 0.25) is 0 Å².